The minimum absolute atomic E-state index is 0.111. The molecule has 0 amide bonds. The Bertz CT molecular complexity index is 794. The van der Waals surface area contributed by atoms with Gasteiger partial charge in [0.1, 0.15) is 0 Å². The standard InChI is InChI=1S/C14H18N4O2S/c1-17(21(19,20)11-9-14(11)6-4-7-14)10-13-16-15-12-5-2-3-8-18(12)13/h2-3,5,8,11H,4,6-7,9-10H2,1H3. The van der Waals surface area contributed by atoms with Crippen molar-refractivity contribution in [2.45, 2.75) is 37.5 Å². The summed E-state index contributed by atoms with van der Waals surface area (Å²) in [6.45, 7) is 0.264. The van der Waals surface area contributed by atoms with Gasteiger partial charge in [0.25, 0.3) is 0 Å². The van der Waals surface area contributed by atoms with Crippen LogP contribution in [0.15, 0.2) is 24.4 Å². The highest BCUT2D eigenvalue weighted by molar-refractivity contribution is 7.90. The predicted octanol–water partition coefficient (Wildman–Crippen LogP) is 1.43. The van der Waals surface area contributed by atoms with E-state index in [1.165, 1.54) is 10.7 Å². The zero-order chi connectivity index (χ0) is 14.7. The van der Waals surface area contributed by atoms with Gasteiger partial charge >= 0.3 is 0 Å². The highest BCUT2D eigenvalue weighted by Gasteiger charge is 2.64. The number of pyridine rings is 1. The Morgan fingerprint density at radius 2 is 2.19 bits per heavy atom. The molecule has 2 saturated carbocycles. The largest absolute Gasteiger partial charge is 0.285 e. The average Bonchev–Trinajstić information content (AvgIpc) is 3.11. The summed E-state index contributed by atoms with van der Waals surface area (Å²) in [5.74, 6) is 0.653. The van der Waals surface area contributed by atoms with Crippen molar-refractivity contribution in [2.75, 3.05) is 7.05 Å². The molecule has 4 rings (SSSR count). The molecule has 0 N–H and O–H groups in total. The van der Waals surface area contributed by atoms with Crippen LogP contribution in [0.25, 0.3) is 5.65 Å². The van der Waals surface area contributed by atoms with Crippen LogP contribution in [0.1, 0.15) is 31.5 Å². The van der Waals surface area contributed by atoms with E-state index in [0.717, 1.165) is 24.9 Å². The molecule has 7 heteroatoms. The zero-order valence-corrected chi connectivity index (χ0v) is 12.8. The fourth-order valence-electron chi connectivity index (χ4n) is 3.39. The maximum absolute atomic E-state index is 12.6. The van der Waals surface area contributed by atoms with E-state index in [-0.39, 0.29) is 17.2 Å². The van der Waals surface area contributed by atoms with Gasteiger partial charge in [-0.1, -0.05) is 12.5 Å². The van der Waals surface area contributed by atoms with Gasteiger partial charge < -0.3 is 0 Å². The summed E-state index contributed by atoms with van der Waals surface area (Å²) >= 11 is 0. The zero-order valence-electron chi connectivity index (χ0n) is 11.9. The van der Waals surface area contributed by atoms with Crippen LogP contribution in [0.2, 0.25) is 0 Å². The van der Waals surface area contributed by atoms with Crippen molar-refractivity contribution in [1.29, 1.82) is 0 Å². The van der Waals surface area contributed by atoms with Crippen molar-refractivity contribution in [1.82, 2.24) is 18.9 Å². The van der Waals surface area contributed by atoms with Crippen LogP contribution in [0.3, 0.4) is 0 Å². The molecule has 1 unspecified atom stereocenters. The fourth-order valence-corrected chi connectivity index (χ4v) is 5.53. The highest BCUT2D eigenvalue weighted by atomic mass is 32.2. The van der Waals surface area contributed by atoms with Crippen LogP contribution in [0.5, 0.6) is 0 Å². The quantitative estimate of drug-likeness (QED) is 0.857. The molecule has 0 aliphatic heterocycles. The molecular formula is C14H18N4O2S. The smallest absolute Gasteiger partial charge is 0.217 e. The molecule has 1 spiro atoms. The van der Waals surface area contributed by atoms with E-state index in [1.807, 2.05) is 28.8 Å². The van der Waals surface area contributed by atoms with E-state index in [0.29, 0.717) is 5.82 Å². The van der Waals surface area contributed by atoms with Gasteiger partial charge in [0.05, 0.1) is 11.8 Å². The number of sulfonamides is 1. The molecule has 0 bridgehead atoms. The summed E-state index contributed by atoms with van der Waals surface area (Å²) in [5, 5.41) is 7.99. The Hall–Kier alpha value is -1.47. The van der Waals surface area contributed by atoms with Crippen molar-refractivity contribution < 1.29 is 8.42 Å². The summed E-state index contributed by atoms with van der Waals surface area (Å²) in [7, 11) is -1.58. The van der Waals surface area contributed by atoms with Gasteiger partial charge in [-0.2, -0.15) is 4.31 Å². The first kappa shape index (κ1) is 13.2. The van der Waals surface area contributed by atoms with Crippen molar-refractivity contribution in [3.8, 4) is 0 Å². The minimum atomic E-state index is -3.23. The summed E-state index contributed by atoms with van der Waals surface area (Å²) in [4.78, 5) is 0. The molecule has 2 aliphatic carbocycles. The lowest BCUT2D eigenvalue weighted by Crippen LogP contribution is -2.34. The van der Waals surface area contributed by atoms with Crippen LogP contribution in [-0.4, -0.2) is 39.6 Å². The Balaban J connectivity index is 1.57. The highest BCUT2D eigenvalue weighted by Crippen LogP contribution is 2.64. The van der Waals surface area contributed by atoms with E-state index < -0.39 is 10.0 Å². The molecule has 2 aromatic rings. The average molecular weight is 306 g/mol. The Morgan fingerprint density at radius 3 is 2.86 bits per heavy atom. The lowest BCUT2D eigenvalue weighted by Gasteiger charge is -2.27. The van der Waals surface area contributed by atoms with Crippen LogP contribution in [0.4, 0.5) is 0 Å². The molecule has 2 heterocycles. The van der Waals surface area contributed by atoms with Gasteiger partial charge in [0.2, 0.25) is 10.0 Å². The molecule has 1 atom stereocenters. The second kappa shape index (κ2) is 4.27. The van der Waals surface area contributed by atoms with E-state index in [4.69, 9.17) is 0 Å². The predicted molar refractivity (Wildman–Crippen MR) is 78.1 cm³/mol. The Labute approximate surface area is 123 Å². The first-order chi connectivity index (χ1) is 10.0. The number of nitrogens with zero attached hydrogens (tertiary/aromatic N) is 4. The van der Waals surface area contributed by atoms with Crippen molar-refractivity contribution in [2.24, 2.45) is 5.41 Å². The maximum atomic E-state index is 12.6. The molecule has 21 heavy (non-hydrogen) atoms. The Kier molecular flexibility index (Phi) is 2.68. The summed E-state index contributed by atoms with van der Waals surface area (Å²) < 4.78 is 28.5. The molecule has 2 fully saturated rings. The molecule has 112 valence electrons. The van der Waals surface area contributed by atoms with Gasteiger partial charge in [-0.05, 0) is 36.8 Å². The number of fused-ring (bicyclic) bond motifs is 1. The maximum Gasteiger partial charge on any atom is 0.217 e. The third kappa shape index (κ3) is 1.91. The SMILES string of the molecule is CN(Cc1nnc2ccccn12)S(=O)(=O)C1CC12CCC2. The Morgan fingerprint density at radius 1 is 1.38 bits per heavy atom. The number of hydrogen-bond donors (Lipinski definition) is 0. The first-order valence-corrected chi connectivity index (χ1v) is 8.77. The number of rotatable bonds is 4. The molecule has 2 aromatic heterocycles. The second-order valence-corrected chi connectivity index (χ2v) is 8.48. The van der Waals surface area contributed by atoms with Crippen LogP contribution in [-0.2, 0) is 16.6 Å². The normalized spacial score (nSPS) is 23.6. The number of aromatic nitrogens is 3. The first-order valence-electron chi connectivity index (χ1n) is 7.27. The van der Waals surface area contributed by atoms with Gasteiger partial charge in [-0.25, -0.2) is 8.42 Å². The van der Waals surface area contributed by atoms with Crippen LogP contribution < -0.4 is 0 Å². The van der Waals surface area contributed by atoms with Gasteiger partial charge in [-0.3, -0.25) is 4.40 Å². The van der Waals surface area contributed by atoms with E-state index in [1.54, 1.807) is 7.05 Å². The molecular weight excluding hydrogens is 288 g/mol. The summed E-state index contributed by atoms with van der Waals surface area (Å²) in [5.41, 5.74) is 0.847. The van der Waals surface area contributed by atoms with Crippen LogP contribution >= 0.6 is 0 Å². The molecule has 2 aliphatic rings. The van der Waals surface area contributed by atoms with Crippen molar-refractivity contribution in [3.63, 3.8) is 0 Å². The van der Waals surface area contributed by atoms with Gasteiger partial charge in [0, 0.05) is 13.2 Å². The van der Waals surface area contributed by atoms with E-state index in [2.05, 4.69) is 10.2 Å². The lowest BCUT2D eigenvalue weighted by atomic mass is 9.82. The topological polar surface area (TPSA) is 67.6 Å². The van der Waals surface area contributed by atoms with Gasteiger partial charge in [-0.15, -0.1) is 10.2 Å². The van der Waals surface area contributed by atoms with Crippen molar-refractivity contribution in [3.05, 3.63) is 30.2 Å². The summed E-state index contributed by atoms with van der Waals surface area (Å²) in [6.07, 6.45) is 6.00. The third-order valence-electron chi connectivity index (χ3n) is 5.01. The van der Waals surface area contributed by atoms with E-state index in [9.17, 15) is 8.42 Å². The van der Waals surface area contributed by atoms with Crippen molar-refractivity contribution >= 4 is 15.7 Å². The van der Waals surface area contributed by atoms with E-state index >= 15 is 0 Å². The monoisotopic (exact) mass is 306 g/mol. The minimum Gasteiger partial charge on any atom is -0.285 e. The molecule has 0 radical (unpaired) electrons. The molecule has 0 saturated heterocycles. The third-order valence-corrected chi connectivity index (χ3v) is 7.39. The fraction of sp³-hybridized carbons (Fsp3) is 0.571. The van der Waals surface area contributed by atoms with Gasteiger partial charge in [0.15, 0.2) is 11.5 Å². The van der Waals surface area contributed by atoms with Crippen LogP contribution in [0, 0.1) is 5.41 Å². The molecule has 0 aromatic carbocycles. The lowest BCUT2D eigenvalue weighted by molar-refractivity contribution is 0.286. The second-order valence-electron chi connectivity index (χ2n) is 6.25. The summed E-state index contributed by atoms with van der Waals surface area (Å²) in [6, 6.07) is 5.63. The molecule has 6 nitrogen and oxygen atoms in total. The number of hydrogen-bond acceptors (Lipinski definition) is 4.